The molecule has 1 aromatic heterocycles. The van der Waals surface area contributed by atoms with E-state index in [9.17, 15) is 23.4 Å². The minimum absolute atomic E-state index is 0.114. The number of alkyl halides is 3. The molecule has 2 N–H and O–H groups in total. The van der Waals surface area contributed by atoms with Crippen molar-refractivity contribution < 1.29 is 23.4 Å². The predicted octanol–water partition coefficient (Wildman–Crippen LogP) is 3.97. The van der Waals surface area contributed by atoms with Crippen LogP contribution in [-0.2, 0) is 6.18 Å². The van der Waals surface area contributed by atoms with Crippen molar-refractivity contribution in [3.63, 3.8) is 0 Å². The maximum Gasteiger partial charge on any atom is 0.416 e. The fourth-order valence-electron chi connectivity index (χ4n) is 2.26. The Bertz CT molecular complexity index is 857. The number of hydrogen-bond acceptors (Lipinski definition) is 3. The molecule has 2 aromatic carbocycles. The Morgan fingerprint density at radius 2 is 1.74 bits per heavy atom. The molecular formula is C16H11F3N2O2. The van der Waals surface area contributed by atoms with Gasteiger partial charge in [0, 0.05) is 11.6 Å². The number of halogens is 3. The molecule has 0 spiro atoms. The molecule has 118 valence electrons. The molecule has 3 rings (SSSR count). The molecule has 1 heterocycles. The van der Waals surface area contributed by atoms with Gasteiger partial charge in [-0.05, 0) is 36.4 Å². The molecule has 0 atom stereocenters. The van der Waals surface area contributed by atoms with Crippen molar-refractivity contribution in [1.29, 1.82) is 0 Å². The van der Waals surface area contributed by atoms with E-state index in [2.05, 4.69) is 5.10 Å². The van der Waals surface area contributed by atoms with E-state index < -0.39 is 11.7 Å². The van der Waals surface area contributed by atoms with Crippen molar-refractivity contribution in [2.45, 2.75) is 6.18 Å². The van der Waals surface area contributed by atoms with Crippen LogP contribution in [0.3, 0.4) is 0 Å². The molecule has 0 saturated carbocycles. The van der Waals surface area contributed by atoms with E-state index in [0.717, 1.165) is 18.2 Å². The summed E-state index contributed by atoms with van der Waals surface area (Å²) < 4.78 is 39.8. The average Bonchev–Trinajstić information content (AvgIpc) is 2.96. The summed E-state index contributed by atoms with van der Waals surface area (Å²) in [6.45, 7) is 0. The largest absolute Gasteiger partial charge is 0.508 e. The number of phenolic OH excluding ortho intramolecular Hbond substituents is 2. The highest BCUT2D eigenvalue weighted by Gasteiger charge is 2.30. The van der Waals surface area contributed by atoms with Crippen LogP contribution < -0.4 is 0 Å². The SMILES string of the molecule is Oc1ccc(-c2ccnn2-c2cccc(C(F)(F)F)c2)c(O)c1. The Labute approximate surface area is 129 Å². The summed E-state index contributed by atoms with van der Waals surface area (Å²) in [4.78, 5) is 0. The number of hydrogen-bond donors (Lipinski definition) is 2. The maximum absolute atomic E-state index is 12.8. The average molecular weight is 320 g/mol. The predicted molar refractivity (Wildman–Crippen MR) is 77.3 cm³/mol. The van der Waals surface area contributed by atoms with Gasteiger partial charge in [0.15, 0.2) is 0 Å². The van der Waals surface area contributed by atoms with Gasteiger partial charge in [0.2, 0.25) is 0 Å². The van der Waals surface area contributed by atoms with Gasteiger partial charge in [0.1, 0.15) is 11.5 Å². The minimum Gasteiger partial charge on any atom is -0.508 e. The Morgan fingerprint density at radius 3 is 2.43 bits per heavy atom. The molecule has 4 nitrogen and oxygen atoms in total. The first-order valence-corrected chi connectivity index (χ1v) is 6.60. The normalized spacial score (nSPS) is 11.6. The summed E-state index contributed by atoms with van der Waals surface area (Å²) in [5.41, 5.74) is 0.179. The maximum atomic E-state index is 12.8. The van der Waals surface area contributed by atoms with Crippen molar-refractivity contribution in [2.24, 2.45) is 0 Å². The van der Waals surface area contributed by atoms with Crippen molar-refractivity contribution in [2.75, 3.05) is 0 Å². The molecule has 0 aliphatic heterocycles. The van der Waals surface area contributed by atoms with Crippen LogP contribution in [0.4, 0.5) is 13.2 Å². The molecule has 0 aliphatic carbocycles. The van der Waals surface area contributed by atoms with Crippen molar-refractivity contribution in [3.8, 4) is 28.4 Å². The van der Waals surface area contributed by atoms with E-state index in [1.54, 1.807) is 6.07 Å². The van der Waals surface area contributed by atoms with Crippen LogP contribution in [-0.4, -0.2) is 20.0 Å². The quantitative estimate of drug-likeness (QED) is 0.751. The van der Waals surface area contributed by atoms with Crippen LogP contribution in [0.25, 0.3) is 16.9 Å². The lowest BCUT2D eigenvalue weighted by molar-refractivity contribution is -0.137. The van der Waals surface area contributed by atoms with E-state index in [1.165, 1.54) is 35.1 Å². The van der Waals surface area contributed by atoms with Crippen LogP contribution in [0.1, 0.15) is 5.56 Å². The summed E-state index contributed by atoms with van der Waals surface area (Å²) >= 11 is 0. The van der Waals surface area contributed by atoms with Gasteiger partial charge in [0.05, 0.1) is 23.1 Å². The molecule has 0 amide bonds. The van der Waals surface area contributed by atoms with Gasteiger partial charge in [-0.3, -0.25) is 0 Å². The Balaban J connectivity index is 2.12. The van der Waals surface area contributed by atoms with E-state index in [-0.39, 0.29) is 17.2 Å². The summed E-state index contributed by atoms with van der Waals surface area (Å²) in [7, 11) is 0. The fourth-order valence-corrected chi connectivity index (χ4v) is 2.26. The second-order valence-electron chi connectivity index (χ2n) is 4.88. The number of nitrogens with zero attached hydrogens (tertiary/aromatic N) is 2. The molecular weight excluding hydrogens is 309 g/mol. The summed E-state index contributed by atoms with van der Waals surface area (Å²) in [5, 5.41) is 23.3. The smallest absolute Gasteiger partial charge is 0.416 e. The zero-order valence-corrected chi connectivity index (χ0v) is 11.6. The van der Waals surface area contributed by atoms with Crippen molar-refractivity contribution in [1.82, 2.24) is 9.78 Å². The first-order chi connectivity index (χ1) is 10.9. The third-order valence-electron chi connectivity index (χ3n) is 3.32. The van der Waals surface area contributed by atoms with E-state index in [0.29, 0.717) is 11.3 Å². The van der Waals surface area contributed by atoms with Crippen LogP contribution in [0.2, 0.25) is 0 Å². The summed E-state index contributed by atoms with van der Waals surface area (Å²) in [6, 6.07) is 10.3. The molecule has 0 unspecified atom stereocenters. The number of phenols is 2. The van der Waals surface area contributed by atoms with Gasteiger partial charge in [-0.15, -0.1) is 0 Å². The number of aromatic hydroxyl groups is 2. The topological polar surface area (TPSA) is 58.3 Å². The number of aromatic nitrogens is 2. The van der Waals surface area contributed by atoms with Gasteiger partial charge in [-0.25, -0.2) is 4.68 Å². The van der Waals surface area contributed by atoms with E-state index >= 15 is 0 Å². The lowest BCUT2D eigenvalue weighted by atomic mass is 10.1. The zero-order chi connectivity index (χ0) is 16.6. The van der Waals surface area contributed by atoms with Crippen LogP contribution in [0, 0.1) is 0 Å². The summed E-state index contributed by atoms with van der Waals surface area (Å²) in [6.07, 6.45) is -3.04. The van der Waals surface area contributed by atoms with Crippen LogP contribution >= 0.6 is 0 Å². The minimum atomic E-state index is -4.45. The van der Waals surface area contributed by atoms with E-state index in [4.69, 9.17) is 0 Å². The number of rotatable bonds is 2. The highest BCUT2D eigenvalue weighted by molar-refractivity contribution is 5.69. The molecule has 23 heavy (non-hydrogen) atoms. The van der Waals surface area contributed by atoms with Gasteiger partial charge in [0.25, 0.3) is 0 Å². The van der Waals surface area contributed by atoms with Gasteiger partial charge < -0.3 is 10.2 Å². The molecule has 7 heteroatoms. The second kappa shape index (κ2) is 5.35. The third-order valence-corrected chi connectivity index (χ3v) is 3.32. The lowest BCUT2D eigenvalue weighted by Gasteiger charge is -2.12. The Morgan fingerprint density at radius 1 is 0.957 bits per heavy atom. The second-order valence-corrected chi connectivity index (χ2v) is 4.88. The Kier molecular flexibility index (Phi) is 3.48. The highest BCUT2D eigenvalue weighted by atomic mass is 19.4. The number of benzene rings is 2. The first-order valence-electron chi connectivity index (χ1n) is 6.60. The van der Waals surface area contributed by atoms with Crippen molar-refractivity contribution in [3.05, 3.63) is 60.3 Å². The molecule has 3 aromatic rings. The van der Waals surface area contributed by atoms with Crippen LogP contribution in [0.15, 0.2) is 54.7 Å². The van der Waals surface area contributed by atoms with Gasteiger partial charge >= 0.3 is 6.18 Å². The zero-order valence-electron chi connectivity index (χ0n) is 11.6. The van der Waals surface area contributed by atoms with Crippen molar-refractivity contribution >= 4 is 0 Å². The molecule has 0 fully saturated rings. The van der Waals surface area contributed by atoms with Gasteiger partial charge in [-0.2, -0.15) is 18.3 Å². The third kappa shape index (κ3) is 2.85. The summed E-state index contributed by atoms with van der Waals surface area (Å²) in [5.74, 6) is -0.310. The fraction of sp³-hybridized carbons (Fsp3) is 0.0625. The molecule has 0 radical (unpaired) electrons. The first kappa shape index (κ1) is 15.0. The molecule has 0 aliphatic rings. The van der Waals surface area contributed by atoms with Gasteiger partial charge in [-0.1, -0.05) is 6.07 Å². The van der Waals surface area contributed by atoms with E-state index in [1.807, 2.05) is 0 Å². The van der Waals surface area contributed by atoms with Crippen LogP contribution in [0.5, 0.6) is 11.5 Å². The Hall–Kier alpha value is -2.96. The highest BCUT2D eigenvalue weighted by Crippen LogP contribution is 2.34. The lowest BCUT2D eigenvalue weighted by Crippen LogP contribution is -2.07. The molecule has 0 bridgehead atoms. The standard InChI is InChI=1S/C16H11F3N2O2/c17-16(18,19)10-2-1-3-11(8-10)21-14(6-7-20-21)13-5-4-12(22)9-15(13)23/h1-9,22-23H. The monoisotopic (exact) mass is 320 g/mol. The molecule has 0 saturated heterocycles.